The molecule has 0 nitrogen and oxygen atoms in total. The van der Waals surface area contributed by atoms with E-state index in [9.17, 15) is 0 Å². The van der Waals surface area contributed by atoms with Crippen LogP contribution in [0.5, 0.6) is 0 Å². The zero-order chi connectivity index (χ0) is 8.23. The van der Waals surface area contributed by atoms with Crippen LogP contribution in [0.25, 0.3) is 11.1 Å². The largest absolute Gasteiger partial charge is 0.269 e. The van der Waals surface area contributed by atoms with Crippen molar-refractivity contribution in [3.8, 4) is 11.1 Å². The minimum absolute atomic E-state index is 0. The van der Waals surface area contributed by atoms with E-state index < -0.39 is 0 Å². The standard InChI is InChI=1S/C12H10.FH.HI/c1-3-7-11(8-4-1)12-9-5-2-6-10-12;;/h1-10H;2*1H. The number of hydrogen-bond donors (Lipinski definition) is 0. The van der Waals surface area contributed by atoms with Gasteiger partial charge < -0.3 is 0 Å². The van der Waals surface area contributed by atoms with Gasteiger partial charge in [-0.25, -0.2) is 0 Å². The molecule has 2 rings (SSSR count). The fraction of sp³-hybridized carbons (Fsp3) is 0. The molecule has 0 bridgehead atoms. The third kappa shape index (κ3) is 3.10. The summed E-state index contributed by atoms with van der Waals surface area (Å²) in [6.45, 7) is 0. The Morgan fingerprint density at radius 2 is 0.786 bits per heavy atom. The average molecular weight is 302 g/mol. The second kappa shape index (κ2) is 6.54. The highest BCUT2D eigenvalue weighted by Crippen LogP contribution is 2.17. The molecule has 0 saturated carbocycles. The van der Waals surface area contributed by atoms with Crippen LogP contribution in [0, 0.1) is 0 Å². The van der Waals surface area contributed by atoms with Crippen LogP contribution in [0.1, 0.15) is 0 Å². The molecule has 0 fully saturated rings. The molecule has 0 atom stereocenters. The molecule has 0 radical (unpaired) electrons. The van der Waals surface area contributed by atoms with Gasteiger partial charge in [-0.1, -0.05) is 60.7 Å². The van der Waals surface area contributed by atoms with Crippen molar-refractivity contribution < 1.29 is 4.70 Å². The van der Waals surface area contributed by atoms with Gasteiger partial charge in [0.15, 0.2) is 0 Å². The molecule has 0 N–H and O–H groups in total. The molecule has 2 heteroatoms. The molecule has 0 heterocycles. The Hall–Kier alpha value is -0.900. The molecule has 0 spiro atoms. The summed E-state index contributed by atoms with van der Waals surface area (Å²) in [5, 5.41) is 0. The molecule has 0 aliphatic carbocycles. The molecular formula is C12H12FI. The van der Waals surface area contributed by atoms with Gasteiger partial charge in [0, 0.05) is 0 Å². The van der Waals surface area contributed by atoms with Crippen molar-refractivity contribution in [3.05, 3.63) is 60.7 Å². The zero-order valence-corrected chi connectivity index (χ0v) is 9.92. The quantitative estimate of drug-likeness (QED) is 0.695. The highest BCUT2D eigenvalue weighted by atomic mass is 127. The Morgan fingerprint density at radius 3 is 1.07 bits per heavy atom. The average Bonchev–Trinajstić information content (AvgIpc) is 2.21. The fourth-order valence-corrected chi connectivity index (χ4v) is 1.26. The van der Waals surface area contributed by atoms with Gasteiger partial charge >= 0.3 is 0 Å². The summed E-state index contributed by atoms with van der Waals surface area (Å²) in [6, 6.07) is 20.8. The summed E-state index contributed by atoms with van der Waals surface area (Å²) in [7, 11) is 0. The van der Waals surface area contributed by atoms with E-state index in [2.05, 4.69) is 48.5 Å². The predicted molar refractivity (Wildman–Crippen MR) is 69.8 cm³/mol. The highest BCUT2D eigenvalue weighted by Gasteiger charge is 1.91. The van der Waals surface area contributed by atoms with E-state index in [0.717, 1.165) is 0 Å². The van der Waals surface area contributed by atoms with Crippen LogP contribution in [0.2, 0.25) is 0 Å². The van der Waals surface area contributed by atoms with Crippen molar-refractivity contribution in [2.75, 3.05) is 0 Å². The van der Waals surface area contributed by atoms with Gasteiger partial charge in [-0.05, 0) is 11.1 Å². The van der Waals surface area contributed by atoms with Crippen molar-refractivity contribution >= 4 is 24.0 Å². The second-order valence-corrected chi connectivity index (χ2v) is 2.73. The normalized spacial score (nSPS) is 8.29. The second-order valence-electron chi connectivity index (χ2n) is 2.73. The van der Waals surface area contributed by atoms with E-state index in [1.165, 1.54) is 11.1 Å². The molecule has 14 heavy (non-hydrogen) atoms. The third-order valence-corrected chi connectivity index (χ3v) is 1.88. The molecule has 0 unspecified atom stereocenters. The minimum Gasteiger partial charge on any atom is -0.269 e. The van der Waals surface area contributed by atoms with Crippen LogP contribution < -0.4 is 0 Å². The smallest absolute Gasteiger partial charge is 0.0184 e. The Bertz CT molecular complexity index is 308. The van der Waals surface area contributed by atoms with Gasteiger partial charge in [0.2, 0.25) is 0 Å². The molecule has 2 aromatic rings. The molecule has 74 valence electrons. The Morgan fingerprint density at radius 1 is 0.500 bits per heavy atom. The number of rotatable bonds is 1. The van der Waals surface area contributed by atoms with E-state index >= 15 is 0 Å². The lowest BCUT2D eigenvalue weighted by Gasteiger charge is -1.98. The van der Waals surface area contributed by atoms with Crippen molar-refractivity contribution in [3.63, 3.8) is 0 Å². The predicted octanol–water partition coefficient (Wildman–Crippen LogP) is 4.12. The van der Waals surface area contributed by atoms with Crippen molar-refractivity contribution in [1.29, 1.82) is 0 Å². The van der Waals surface area contributed by atoms with Crippen molar-refractivity contribution in [1.82, 2.24) is 0 Å². The lowest BCUT2D eigenvalue weighted by Crippen LogP contribution is -1.73. The first-order chi connectivity index (χ1) is 5.97. The monoisotopic (exact) mass is 302 g/mol. The Labute approximate surface area is 100 Å². The van der Waals surface area contributed by atoms with Crippen LogP contribution >= 0.6 is 24.0 Å². The lowest BCUT2D eigenvalue weighted by molar-refractivity contribution is 1.11. The summed E-state index contributed by atoms with van der Waals surface area (Å²) in [6.07, 6.45) is 0. The third-order valence-electron chi connectivity index (χ3n) is 1.88. The summed E-state index contributed by atoms with van der Waals surface area (Å²) in [5.74, 6) is 0. The summed E-state index contributed by atoms with van der Waals surface area (Å²) >= 11 is 0. The summed E-state index contributed by atoms with van der Waals surface area (Å²) < 4.78 is 0. The number of hydrogen-bond acceptors (Lipinski definition) is 0. The van der Waals surface area contributed by atoms with Crippen molar-refractivity contribution in [2.45, 2.75) is 0 Å². The van der Waals surface area contributed by atoms with Crippen LogP contribution in [-0.4, -0.2) is 0 Å². The maximum atomic E-state index is 2.12. The van der Waals surface area contributed by atoms with Gasteiger partial charge in [0.25, 0.3) is 0 Å². The van der Waals surface area contributed by atoms with Crippen LogP contribution in [0.3, 0.4) is 0 Å². The molecule has 0 aliphatic heterocycles. The first-order valence-electron chi connectivity index (χ1n) is 4.07. The highest BCUT2D eigenvalue weighted by molar-refractivity contribution is 14.0. The maximum Gasteiger partial charge on any atom is -0.0184 e. The lowest BCUT2D eigenvalue weighted by atomic mass is 10.1. The van der Waals surface area contributed by atoms with Crippen molar-refractivity contribution in [2.24, 2.45) is 0 Å². The fourth-order valence-electron chi connectivity index (χ4n) is 1.26. The summed E-state index contributed by atoms with van der Waals surface area (Å²) in [4.78, 5) is 0. The van der Waals surface area contributed by atoms with Crippen LogP contribution in [-0.2, 0) is 0 Å². The molecule has 0 aromatic heterocycles. The SMILES string of the molecule is F.I.c1ccc(-c2ccccc2)cc1. The molecule has 0 saturated heterocycles. The maximum absolute atomic E-state index is 2.12. The van der Waals surface area contributed by atoms with Gasteiger partial charge in [-0.15, -0.1) is 24.0 Å². The first-order valence-corrected chi connectivity index (χ1v) is 4.07. The molecule has 0 aliphatic rings. The zero-order valence-electron chi connectivity index (χ0n) is 7.59. The van der Waals surface area contributed by atoms with E-state index in [-0.39, 0.29) is 28.7 Å². The minimum atomic E-state index is 0. The van der Waals surface area contributed by atoms with Crippen LogP contribution in [0.15, 0.2) is 60.7 Å². The molecule has 0 amide bonds. The molecule has 2 aromatic carbocycles. The summed E-state index contributed by atoms with van der Waals surface area (Å²) in [5.41, 5.74) is 2.55. The Kier molecular flexibility index (Phi) is 6.12. The van der Waals surface area contributed by atoms with E-state index in [0.29, 0.717) is 0 Å². The van der Waals surface area contributed by atoms with Crippen LogP contribution in [0.4, 0.5) is 4.70 Å². The van der Waals surface area contributed by atoms with E-state index in [1.54, 1.807) is 0 Å². The Balaban J connectivity index is 0.000000845. The van der Waals surface area contributed by atoms with Gasteiger partial charge in [0.05, 0.1) is 0 Å². The van der Waals surface area contributed by atoms with Gasteiger partial charge in [-0.2, -0.15) is 0 Å². The van der Waals surface area contributed by atoms with E-state index in [4.69, 9.17) is 0 Å². The number of benzene rings is 2. The van der Waals surface area contributed by atoms with E-state index in [1.807, 2.05) is 12.1 Å². The van der Waals surface area contributed by atoms with Gasteiger partial charge in [0.1, 0.15) is 0 Å². The first kappa shape index (κ1) is 13.1. The number of halogens is 2. The molecular weight excluding hydrogens is 290 g/mol. The topological polar surface area (TPSA) is 0 Å². The van der Waals surface area contributed by atoms with Gasteiger partial charge in [-0.3, -0.25) is 4.70 Å².